The van der Waals surface area contributed by atoms with Gasteiger partial charge in [0.2, 0.25) is 5.91 Å². The molecule has 98 valence electrons. The number of carbonyl (C=O) groups is 2. The number of hydrogen-bond donors (Lipinski definition) is 3. The van der Waals surface area contributed by atoms with E-state index in [0.717, 1.165) is 13.0 Å². The number of rotatable bonds is 6. The molecule has 0 aliphatic carbocycles. The van der Waals surface area contributed by atoms with Crippen molar-refractivity contribution in [3.05, 3.63) is 0 Å². The average molecular weight is 242 g/mol. The van der Waals surface area contributed by atoms with Crippen molar-refractivity contribution in [1.82, 2.24) is 10.6 Å². The van der Waals surface area contributed by atoms with Crippen LogP contribution in [0.1, 0.15) is 33.1 Å². The summed E-state index contributed by atoms with van der Waals surface area (Å²) in [5, 5.41) is 14.8. The van der Waals surface area contributed by atoms with Crippen LogP contribution in [-0.2, 0) is 9.59 Å². The number of amides is 1. The van der Waals surface area contributed by atoms with Crippen molar-refractivity contribution in [2.24, 2.45) is 11.8 Å². The van der Waals surface area contributed by atoms with Crippen LogP contribution in [0, 0.1) is 11.8 Å². The highest BCUT2D eigenvalue weighted by atomic mass is 16.4. The third-order valence-electron chi connectivity index (χ3n) is 3.40. The number of carbonyl (C=O) groups excluding carboxylic acids is 1. The Morgan fingerprint density at radius 3 is 2.76 bits per heavy atom. The Bertz CT molecular complexity index is 281. The fraction of sp³-hybridized carbons (Fsp3) is 0.833. The van der Waals surface area contributed by atoms with E-state index in [0.29, 0.717) is 19.4 Å². The van der Waals surface area contributed by atoms with E-state index >= 15 is 0 Å². The molecule has 0 saturated carbocycles. The summed E-state index contributed by atoms with van der Waals surface area (Å²) < 4.78 is 0. The molecule has 3 unspecified atom stereocenters. The van der Waals surface area contributed by atoms with E-state index in [4.69, 9.17) is 5.11 Å². The van der Waals surface area contributed by atoms with Gasteiger partial charge in [0, 0.05) is 12.6 Å². The Kier molecular flexibility index (Phi) is 5.41. The first kappa shape index (κ1) is 14.0. The first-order chi connectivity index (χ1) is 8.02. The molecule has 0 bridgehead atoms. The lowest BCUT2D eigenvalue weighted by Crippen LogP contribution is -2.37. The fourth-order valence-corrected chi connectivity index (χ4v) is 2.09. The quantitative estimate of drug-likeness (QED) is 0.596. The van der Waals surface area contributed by atoms with Crippen LogP contribution in [0.3, 0.4) is 0 Å². The zero-order valence-corrected chi connectivity index (χ0v) is 10.5. The van der Waals surface area contributed by atoms with E-state index in [1.165, 1.54) is 0 Å². The average Bonchev–Trinajstić information content (AvgIpc) is 2.70. The standard InChI is InChI=1S/C12H22N2O3/c1-8(12(16)17)4-3-6-14-11(15)10-5-7-13-9(10)2/h8-10,13H,3-7H2,1-2H3,(H,14,15)(H,16,17). The number of aliphatic carboxylic acids is 1. The highest BCUT2D eigenvalue weighted by Gasteiger charge is 2.28. The number of hydrogen-bond acceptors (Lipinski definition) is 3. The molecule has 1 aliphatic heterocycles. The van der Waals surface area contributed by atoms with E-state index in [-0.39, 0.29) is 23.8 Å². The van der Waals surface area contributed by atoms with Gasteiger partial charge in [-0.1, -0.05) is 6.92 Å². The van der Waals surface area contributed by atoms with Gasteiger partial charge in [-0.2, -0.15) is 0 Å². The SMILES string of the molecule is CC(CCCNC(=O)C1CCNC1C)C(=O)O. The molecule has 3 N–H and O–H groups in total. The van der Waals surface area contributed by atoms with Gasteiger partial charge in [0.15, 0.2) is 0 Å². The number of nitrogens with one attached hydrogen (secondary N) is 2. The molecule has 3 atom stereocenters. The molecular weight excluding hydrogens is 220 g/mol. The molecule has 1 aliphatic rings. The van der Waals surface area contributed by atoms with Crippen molar-refractivity contribution < 1.29 is 14.7 Å². The molecular formula is C12H22N2O3. The monoisotopic (exact) mass is 242 g/mol. The van der Waals surface area contributed by atoms with Crippen LogP contribution in [0.4, 0.5) is 0 Å². The number of carboxylic acids is 1. The smallest absolute Gasteiger partial charge is 0.306 e. The fourth-order valence-electron chi connectivity index (χ4n) is 2.09. The third kappa shape index (κ3) is 4.34. The predicted octanol–water partition coefficient (Wildman–Crippen LogP) is 0.602. The Labute approximate surface area is 102 Å². The van der Waals surface area contributed by atoms with Crippen LogP contribution in [0.5, 0.6) is 0 Å². The maximum absolute atomic E-state index is 11.8. The van der Waals surface area contributed by atoms with Crippen LogP contribution >= 0.6 is 0 Å². The van der Waals surface area contributed by atoms with Crippen LogP contribution < -0.4 is 10.6 Å². The summed E-state index contributed by atoms with van der Waals surface area (Å²) in [4.78, 5) is 22.4. The van der Waals surface area contributed by atoms with E-state index in [1.807, 2.05) is 6.92 Å². The minimum atomic E-state index is -0.773. The third-order valence-corrected chi connectivity index (χ3v) is 3.40. The van der Waals surface area contributed by atoms with Gasteiger partial charge in [-0.25, -0.2) is 0 Å². The van der Waals surface area contributed by atoms with Gasteiger partial charge in [0.05, 0.1) is 11.8 Å². The molecule has 1 fully saturated rings. The molecule has 0 aromatic rings. The van der Waals surface area contributed by atoms with Crippen molar-refractivity contribution >= 4 is 11.9 Å². The minimum absolute atomic E-state index is 0.0619. The van der Waals surface area contributed by atoms with E-state index < -0.39 is 5.97 Å². The maximum atomic E-state index is 11.8. The topological polar surface area (TPSA) is 78.4 Å². The minimum Gasteiger partial charge on any atom is -0.481 e. The lowest BCUT2D eigenvalue weighted by Gasteiger charge is -2.15. The number of carboxylic acid groups (broad SMARTS) is 1. The molecule has 5 nitrogen and oxygen atoms in total. The normalized spacial score (nSPS) is 25.5. The Morgan fingerprint density at radius 1 is 1.53 bits per heavy atom. The zero-order valence-electron chi connectivity index (χ0n) is 10.5. The second kappa shape index (κ2) is 6.59. The van der Waals surface area contributed by atoms with Crippen molar-refractivity contribution in [3.8, 4) is 0 Å². The highest BCUT2D eigenvalue weighted by molar-refractivity contribution is 5.79. The van der Waals surface area contributed by atoms with Gasteiger partial charge < -0.3 is 15.7 Å². The Morgan fingerprint density at radius 2 is 2.24 bits per heavy atom. The summed E-state index contributed by atoms with van der Waals surface area (Å²) in [6, 6.07) is 0.243. The van der Waals surface area contributed by atoms with E-state index in [9.17, 15) is 9.59 Å². The second-order valence-electron chi connectivity index (χ2n) is 4.81. The largest absolute Gasteiger partial charge is 0.481 e. The van der Waals surface area contributed by atoms with Gasteiger partial charge in [-0.3, -0.25) is 9.59 Å². The summed E-state index contributed by atoms with van der Waals surface area (Å²) in [6.07, 6.45) is 2.21. The van der Waals surface area contributed by atoms with Crippen LogP contribution in [-0.4, -0.2) is 36.1 Å². The molecule has 0 radical (unpaired) electrons. The Hall–Kier alpha value is -1.10. The lowest BCUT2D eigenvalue weighted by molar-refractivity contribution is -0.141. The van der Waals surface area contributed by atoms with E-state index in [1.54, 1.807) is 6.92 Å². The van der Waals surface area contributed by atoms with Crippen molar-refractivity contribution in [2.75, 3.05) is 13.1 Å². The maximum Gasteiger partial charge on any atom is 0.306 e. The van der Waals surface area contributed by atoms with Crippen LogP contribution in [0.2, 0.25) is 0 Å². The lowest BCUT2D eigenvalue weighted by atomic mass is 10.0. The van der Waals surface area contributed by atoms with Crippen molar-refractivity contribution in [2.45, 2.75) is 39.2 Å². The second-order valence-corrected chi connectivity index (χ2v) is 4.81. The van der Waals surface area contributed by atoms with Gasteiger partial charge in [0.25, 0.3) is 0 Å². The first-order valence-electron chi connectivity index (χ1n) is 6.26. The van der Waals surface area contributed by atoms with Crippen molar-refractivity contribution in [1.29, 1.82) is 0 Å². The van der Waals surface area contributed by atoms with Crippen LogP contribution in [0.15, 0.2) is 0 Å². The predicted molar refractivity (Wildman–Crippen MR) is 64.6 cm³/mol. The molecule has 1 amide bonds. The summed E-state index contributed by atoms with van der Waals surface area (Å²) in [5.74, 6) is -0.957. The molecule has 1 saturated heterocycles. The summed E-state index contributed by atoms with van der Waals surface area (Å²) >= 11 is 0. The molecule has 0 aromatic carbocycles. The first-order valence-corrected chi connectivity index (χ1v) is 6.26. The van der Waals surface area contributed by atoms with Crippen molar-refractivity contribution in [3.63, 3.8) is 0 Å². The molecule has 1 heterocycles. The van der Waals surface area contributed by atoms with E-state index in [2.05, 4.69) is 10.6 Å². The molecule has 5 heteroatoms. The highest BCUT2D eigenvalue weighted by Crippen LogP contribution is 2.15. The molecule has 0 aromatic heterocycles. The summed E-state index contributed by atoms with van der Waals surface area (Å²) in [5.41, 5.74) is 0. The van der Waals surface area contributed by atoms with Gasteiger partial charge in [-0.05, 0) is 32.7 Å². The van der Waals surface area contributed by atoms with Gasteiger partial charge >= 0.3 is 5.97 Å². The van der Waals surface area contributed by atoms with Gasteiger partial charge in [0.1, 0.15) is 0 Å². The van der Waals surface area contributed by atoms with Gasteiger partial charge in [-0.15, -0.1) is 0 Å². The van der Waals surface area contributed by atoms with Crippen LogP contribution in [0.25, 0.3) is 0 Å². The molecule has 0 spiro atoms. The Balaban J connectivity index is 2.14. The summed E-state index contributed by atoms with van der Waals surface area (Å²) in [6.45, 7) is 5.17. The summed E-state index contributed by atoms with van der Waals surface area (Å²) in [7, 11) is 0. The molecule has 17 heavy (non-hydrogen) atoms. The molecule has 1 rings (SSSR count). The zero-order chi connectivity index (χ0) is 12.8.